The van der Waals surface area contributed by atoms with Gasteiger partial charge in [0.1, 0.15) is 17.8 Å². The van der Waals surface area contributed by atoms with Gasteiger partial charge in [-0.25, -0.2) is 9.97 Å². The molecule has 35 heavy (non-hydrogen) atoms. The SMILES string of the molecule is O=c1c2ccccc2nc(C2CCCCC2)n1N=Cc1ccccc1Oc1ccc([N+](=O)[O-])cn1. The van der Waals surface area contributed by atoms with Crippen LogP contribution in [0.15, 0.2) is 76.8 Å². The van der Waals surface area contributed by atoms with Crippen molar-refractivity contribution >= 4 is 22.8 Å². The molecule has 0 spiro atoms. The van der Waals surface area contributed by atoms with Gasteiger partial charge >= 0.3 is 0 Å². The molecule has 9 heteroatoms. The number of para-hydroxylation sites is 2. The van der Waals surface area contributed by atoms with Gasteiger partial charge in [-0.2, -0.15) is 9.78 Å². The van der Waals surface area contributed by atoms with Crippen LogP contribution in [0.4, 0.5) is 5.69 Å². The lowest BCUT2D eigenvalue weighted by Crippen LogP contribution is -2.25. The minimum Gasteiger partial charge on any atom is -0.438 e. The number of hydrogen-bond acceptors (Lipinski definition) is 7. The molecule has 0 aliphatic heterocycles. The Kier molecular flexibility index (Phi) is 6.30. The van der Waals surface area contributed by atoms with Gasteiger partial charge in [0.15, 0.2) is 0 Å². The molecule has 0 saturated heterocycles. The fourth-order valence-electron chi connectivity index (χ4n) is 4.33. The maximum atomic E-state index is 13.4. The molecule has 0 radical (unpaired) electrons. The predicted molar refractivity (Wildman–Crippen MR) is 132 cm³/mol. The Morgan fingerprint density at radius 1 is 1.03 bits per heavy atom. The van der Waals surface area contributed by atoms with E-state index >= 15 is 0 Å². The second-order valence-electron chi connectivity index (χ2n) is 8.44. The van der Waals surface area contributed by atoms with Crippen LogP contribution < -0.4 is 10.3 Å². The number of fused-ring (bicyclic) bond motifs is 1. The normalized spacial score (nSPS) is 14.4. The monoisotopic (exact) mass is 469 g/mol. The zero-order valence-electron chi connectivity index (χ0n) is 18.9. The summed E-state index contributed by atoms with van der Waals surface area (Å²) in [5.74, 6) is 1.52. The minimum atomic E-state index is -0.517. The molecule has 0 bridgehead atoms. The fourth-order valence-corrected chi connectivity index (χ4v) is 4.33. The zero-order chi connectivity index (χ0) is 24.2. The molecule has 9 nitrogen and oxygen atoms in total. The number of aromatic nitrogens is 3. The Morgan fingerprint density at radius 3 is 2.57 bits per heavy atom. The number of hydrogen-bond donors (Lipinski definition) is 0. The summed E-state index contributed by atoms with van der Waals surface area (Å²) in [6, 6.07) is 17.3. The third-order valence-corrected chi connectivity index (χ3v) is 6.13. The summed E-state index contributed by atoms with van der Waals surface area (Å²) in [4.78, 5) is 32.6. The van der Waals surface area contributed by atoms with E-state index in [4.69, 9.17) is 9.72 Å². The van der Waals surface area contributed by atoms with E-state index in [0.717, 1.165) is 31.9 Å². The molecule has 1 aliphatic carbocycles. The smallest absolute Gasteiger partial charge is 0.287 e. The molecule has 176 valence electrons. The van der Waals surface area contributed by atoms with Gasteiger partial charge in [0.05, 0.1) is 22.0 Å². The van der Waals surface area contributed by atoms with Crippen molar-refractivity contribution in [2.75, 3.05) is 0 Å². The van der Waals surface area contributed by atoms with Crippen LogP contribution >= 0.6 is 0 Å². The predicted octanol–water partition coefficient (Wildman–Crippen LogP) is 5.42. The molecule has 1 fully saturated rings. The van der Waals surface area contributed by atoms with Crippen LogP contribution in [-0.2, 0) is 0 Å². The highest BCUT2D eigenvalue weighted by Gasteiger charge is 2.22. The summed E-state index contributed by atoms with van der Waals surface area (Å²) in [6.45, 7) is 0. The lowest BCUT2D eigenvalue weighted by atomic mass is 9.88. The third kappa shape index (κ3) is 4.79. The van der Waals surface area contributed by atoms with Gasteiger partial charge in [-0.05, 0) is 37.1 Å². The van der Waals surface area contributed by atoms with E-state index in [1.165, 1.54) is 23.2 Å². The molecule has 0 unspecified atom stereocenters. The van der Waals surface area contributed by atoms with Crippen LogP contribution in [0, 0.1) is 10.1 Å². The van der Waals surface area contributed by atoms with Crippen molar-refractivity contribution in [3.05, 3.63) is 98.7 Å². The van der Waals surface area contributed by atoms with Gasteiger partial charge in [-0.1, -0.05) is 43.5 Å². The Labute approximate surface area is 200 Å². The average molecular weight is 470 g/mol. The molecule has 1 saturated carbocycles. The molecule has 0 N–H and O–H groups in total. The van der Waals surface area contributed by atoms with Gasteiger partial charge in [0, 0.05) is 23.6 Å². The van der Waals surface area contributed by atoms with Crippen molar-refractivity contribution in [3.63, 3.8) is 0 Å². The number of nitrogens with zero attached hydrogens (tertiary/aromatic N) is 5. The van der Waals surface area contributed by atoms with E-state index < -0.39 is 4.92 Å². The topological polar surface area (TPSA) is 113 Å². The van der Waals surface area contributed by atoms with E-state index in [1.54, 1.807) is 24.4 Å². The maximum absolute atomic E-state index is 13.4. The number of rotatable bonds is 6. The van der Waals surface area contributed by atoms with Crippen molar-refractivity contribution in [2.45, 2.75) is 38.0 Å². The Bertz CT molecular complexity index is 1460. The standard InChI is InChI=1S/C26H23N5O4/c32-26-21-11-5-6-12-22(21)29-25(18-8-2-1-3-9-18)30(26)28-16-19-10-4-7-13-23(19)35-24-15-14-20(17-27-24)31(33)34/h4-7,10-18H,1-3,8-9H2. The number of benzene rings is 2. The molecule has 2 aromatic heterocycles. The summed E-state index contributed by atoms with van der Waals surface area (Å²) in [5, 5.41) is 16.0. The molecule has 0 amide bonds. The summed E-state index contributed by atoms with van der Waals surface area (Å²) < 4.78 is 7.27. The zero-order valence-corrected chi connectivity index (χ0v) is 18.9. The second kappa shape index (κ2) is 9.84. The van der Waals surface area contributed by atoms with Crippen LogP contribution in [0.1, 0.15) is 49.4 Å². The Hall–Kier alpha value is -4.40. The molecule has 5 rings (SSSR count). The first kappa shape index (κ1) is 22.4. The van der Waals surface area contributed by atoms with Crippen molar-refractivity contribution in [1.82, 2.24) is 14.6 Å². The van der Waals surface area contributed by atoms with Gasteiger partial charge in [-0.15, -0.1) is 0 Å². The molecule has 2 heterocycles. The first-order chi connectivity index (χ1) is 17.1. The molecular formula is C26H23N5O4. The largest absolute Gasteiger partial charge is 0.438 e. The third-order valence-electron chi connectivity index (χ3n) is 6.13. The highest BCUT2D eigenvalue weighted by atomic mass is 16.6. The molecule has 1 aliphatic rings. The summed E-state index contributed by atoms with van der Waals surface area (Å²) in [5.41, 5.74) is 0.980. The van der Waals surface area contributed by atoms with Gasteiger partial charge < -0.3 is 4.74 Å². The van der Waals surface area contributed by atoms with Crippen molar-refractivity contribution < 1.29 is 9.66 Å². The summed E-state index contributed by atoms with van der Waals surface area (Å²) in [7, 11) is 0. The highest BCUT2D eigenvalue weighted by molar-refractivity contribution is 5.84. The lowest BCUT2D eigenvalue weighted by Gasteiger charge is -2.22. The van der Waals surface area contributed by atoms with E-state index in [0.29, 0.717) is 28.0 Å². The minimum absolute atomic E-state index is 0.120. The summed E-state index contributed by atoms with van der Waals surface area (Å²) in [6.07, 6.45) is 8.08. The summed E-state index contributed by atoms with van der Waals surface area (Å²) >= 11 is 0. The van der Waals surface area contributed by atoms with E-state index in [1.807, 2.05) is 30.3 Å². The molecular weight excluding hydrogens is 446 g/mol. The van der Waals surface area contributed by atoms with Crippen molar-refractivity contribution in [1.29, 1.82) is 0 Å². The number of pyridine rings is 1. The van der Waals surface area contributed by atoms with Crippen molar-refractivity contribution in [3.8, 4) is 11.6 Å². The molecule has 4 aromatic rings. The first-order valence-electron chi connectivity index (χ1n) is 11.5. The number of nitro groups is 1. The molecule has 0 atom stereocenters. The van der Waals surface area contributed by atoms with E-state index in [2.05, 4.69) is 10.1 Å². The van der Waals surface area contributed by atoms with Crippen LogP contribution in [-0.4, -0.2) is 25.8 Å². The van der Waals surface area contributed by atoms with Crippen LogP contribution in [0.25, 0.3) is 10.9 Å². The van der Waals surface area contributed by atoms with Crippen LogP contribution in [0.5, 0.6) is 11.6 Å². The lowest BCUT2D eigenvalue weighted by molar-refractivity contribution is -0.385. The first-order valence-corrected chi connectivity index (χ1v) is 11.5. The highest BCUT2D eigenvalue weighted by Crippen LogP contribution is 2.32. The van der Waals surface area contributed by atoms with Gasteiger partial charge in [0.25, 0.3) is 11.2 Å². The number of ether oxygens (including phenoxy) is 1. The second-order valence-corrected chi connectivity index (χ2v) is 8.44. The maximum Gasteiger partial charge on any atom is 0.287 e. The van der Waals surface area contributed by atoms with E-state index in [-0.39, 0.29) is 23.0 Å². The van der Waals surface area contributed by atoms with Gasteiger partial charge in [0.2, 0.25) is 5.88 Å². The van der Waals surface area contributed by atoms with E-state index in [9.17, 15) is 14.9 Å². The van der Waals surface area contributed by atoms with Gasteiger partial charge in [-0.3, -0.25) is 14.9 Å². The Balaban J connectivity index is 1.52. The average Bonchev–Trinajstić information content (AvgIpc) is 2.90. The fraction of sp³-hybridized carbons (Fsp3) is 0.231. The van der Waals surface area contributed by atoms with Crippen LogP contribution in [0.3, 0.4) is 0 Å². The quantitative estimate of drug-likeness (QED) is 0.212. The van der Waals surface area contributed by atoms with Crippen molar-refractivity contribution in [2.24, 2.45) is 5.10 Å². The van der Waals surface area contributed by atoms with Crippen LogP contribution in [0.2, 0.25) is 0 Å². The molecule has 2 aromatic carbocycles. The Morgan fingerprint density at radius 2 is 1.80 bits per heavy atom.